The van der Waals surface area contributed by atoms with Crippen molar-refractivity contribution in [3.8, 4) is 0 Å². The highest BCUT2D eigenvalue weighted by Crippen LogP contribution is 2.18. The first-order valence-electron chi connectivity index (χ1n) is 6.44. The third-order valence-corrected chi connectivity index (χ3v) is 3.44. The first-order valence-corrected chi connectivity index (χ1v) is 6.82. The predicted molar refractivity (Wildman–Crippen MR) is 73.4 cm³/mol. The van der Waals surface area contributed by atoms with E-state index in [1.807, 2.05) is 6.92 Å². The third kappa shape index (κ3) is 2.70. The Morgan fingerprint density at radius 3 is 2.85 bits per heavy atom. The second kappa shape index (κ2) is 5.66. The monoisotopic (exact) mass is 297 g/mol. The molecule has 0 bridgehead atoms. The molecule has 0 saturated carbocycles. The van der Waals surface area contributed by atoms with E-state index in [1.165, 1.54) is 4.90 Å². The van der Waals surface area contributed by atoms with E-state index in [2.05, 4.69) is 5.32 Å². The summed E-state index contributed by atoms with van der Waals surface area (Å²) in [7, 11) is 0. The van der Waals surface area contributed by atoms with Crippen LogP contribution in [0.5, 0.6) is 0 Å². The van der Waals surface area contributed by atoms with Gasteiger partial charge in [0.25, 0.3) is 5.91 Å². The van der Waals surface area contributed by atoms with Crippen molar-refractivity contribution in [2.24, 2.45) is 0 Å². The molecule has 7 heteroatoms. The number of carbonyl (C=O) groups is 3. The molecule has 0 radical (unpaired) electrons. The van der Waals surface area contributed by atoms with E-state index in [4.69, 9.17) is 11.6 Å². The van der Waals surface area contributed by atoms with Crippen LogP contribution < -0.4 is 5.32 Å². The molecule has 6 nitrogen and oxygen atoms in total. The quantitative estimate of drug-likeness (QED) is 0.847. The molecule has 20 heavy (non-hydrogen) atoms. The zero-order valence-corrected chi connectivity index (χ0v) is 12.1. The molecule has 1 unspecified atom stereocenters. The lowest BCUT2D eigenvalue weighted by atomic mass is 10.2. The molecule has 3 amide bonds. The molecule has 2 rings (SSSR count). The van der Waals surface area contributed by atoms with Crippen molar-refractivity contribution in [1.29, 1.82) is 0 Å². The number of carbonyl (C=O) groups excluding carboxylic acids is 3. The van der Waals surface area contributed by atoms with Gasteiger partial charge in [-0.3, -0.25) is 19.7 Å². The topological polar surface area (TPSA) is 71.4 Å². The van der Waals surface area contributed by atoms with Gasteiger partial charge < -0.3 is 9.47 Å². The van der Waals surface area contributed by atoms with Gasteiger partial charge in [-0.15, -0.1) is 0 Å². The highest BCUT2D eigenvalue weighted by molar-refractivity contribution is 6.31. The van der Waals surface area contributed by atoms with Crippen LogP contribution in [0.15, 0.2) is 12.3 Å². The van der Waals surface area contributed by atoms with Gasteiger partial charge in [-0.2, -0.15) is 0 Å². The number of hydrogen-bond acceptors (Lipinski definition) is 3. The lowest BCUT2D eigenvalue weighted by molar-refractivity contribution is -0.138. The molecule has 1 fully saturated rings. The molecule has 0 spiro atoms. The number of halogens is 1. The van der Waals surface area contributed by atoms with Gasteiger partial charge in [-0.05, 0) is 19.4 Å². The first kappa shape index (κ1) is 14.6. The lowest BCUT2D eigenvalue weighted by Crippen LogP contribution is -2.58. The van der Waals surface area contributed by atoms with E-state index >= 15 is 0 Å². The maximum atomic E-state index is 12.5. The summed E-state index contributed by atoms with van der Waals surface area (Å²) in [5.74, 6) is -1.29. The SMILES string of the molecule is CCCn1cc(Cl)cc1C(=O)N1CC(=O)NC(=O)C1C. The van der Waals surface area contributed by atoms with E-state index in [-0.39, 0.29) is 12.5 Å². The zero-order chi connectivity index (χ0) is 14.9. The van der Waals surface area contributed by atoms with Crippen molar-refractivity contribution < 1.29 is 14.4 Å². The molecule has 1 N–H and O–H groups in total. The summed E-state index contributed by atoms with van der Waals surface area (Å²) in [6, 6.07) is 0.882. The molecule has 108 valence electrons. The number of aryl methyl sites for hydroxylation is 1. The van der Waals surface area contributed by atoms with E-state index in [9.17, 15) is 14.4 Å². The Kier molecular flexibility index (Phi) is 4.13. The minimum absolute atomic E-state index is 0.124. The summed E-state index contributed by atoms with van der Waals surface area (Å²) >= 11 is 5.94. The lowest BCUT2D eigenvalue weighted by Gasteiger charge is -2.31. The average Bonchev–Trinajstić information content (AvgIpc) is 2.74. The van der Waals surface area contributed by atoms with E-state index in [0.29, 0.717) is 17.3 Å². The molecule has 0 aliphatic carbocycles. The number of amides is 3. The average molecular weight is 298 g/mol. The van der Waals surface area contributed by atoms with Gasteiger partial charge in [0.2, 0.25) is 11.8 Å². The molecule has 1 atom stereocenters. The van der Waals surface area contributed by atoms with Gasteiger partial charge in [-0.1, -0.05) is 18.5 Å². The molecule has 2 heterocycles. The van der Waals surface area contributed by atoms with E-state index < -0.39 is 17.9 Å². The van der Waals surface area contributed by atoms with Crippen LogP contribution in [0.1, 0.15) is 30.8 Å². The number of rotatable bonds is 3. The zero-order valence-electron chi connectivity index (χ0n) is 11.4. The summed E-state index contributed by atoms with van der Waals surface area (Å²) in [5, 5.41) is 2.67. The van der Waals surface area contributed by atoms with Crippen molar-refractivity contribution in [2.75, 3.05) is 6.54 Å². The maximum Gasteiger partial charge on any atom is 0.271 e. The molecular weight excluding hydrogens is 282 g/mol. The molecule has 1 saturated heterocycles. The van der Waals surface area contributed by atoms with Crippen LogP contribution in [0.4, 0.5) is 0 Å². The van der Waals surface area contributed by atoms with Crippen molar-refractivity contribution >= 4 is 29.3 Å². The van der Waals surface area contributed by atoms with Crippen molar-refractivity contribution in [1.82, 2.24) is 14.8 Å². The minimum Gasteiger partial charge on any atom is -0.342 e. The van der Waals surface area contributed by atoms with Crippen LogP contribution in [0.2, 0.25) is 5.02 Å². The normalized spacial score (nSPS) is 19.1. The minimum atomic E-state index is -0.677. The Hall–Kier alpha value is -1.82. The van der Waals surface area contributed by atoms with Crippen LogP contribution in [-0.2, 0) is 16.1 Å². The highest BCUT2D eigenvalue weighted by Gasteiger charge is 2.35. The summed E-state index contributed by atoms with van der Waals surface area (Å²) < 4.78 is 1.74. The van der Waals surface area contributed by atoms with Gasteiger partial charge in [0, 0.05) is 12.7 Å². The number of nitrogens with one attached hydrogen (secondary N) is 1. The van der Waals surface area contributed by atoms with Crippen molar-refractivity contribution in [3.63, 3.8) is 0 Å². The summed E-state index contributed by atoms with van der Waals surface area (Å²) in [6.07, 6.45) is 2.52. The van der Waals surface area contributed by atoms with Crippen LogP contribution >= 0.6 is 11.6 Å². The number of imide groups is 1. The second-order valence-electron chi connectivity index (χ2n) is 4.76. The summed E-state index contributed by atoms with van der Waals surface area (Å²) in [5.41, 5.74) is 0.395. The van der Waals surface area contributed by atoms with Crippen LogP contribution in [0.3, 0.4) is 0 Å². The van der Waals surface area contributed by atoms with Crippen LogP contribution in [-0.4, -0.2) is 39.8 Å². The van der Waals surface area contributed by atoms with Crippen molar-refractivity contribution in [3.05, 3.63) is 23.0 Å². The van der Waals surface area contributed by atoms with Crippen molar-refractivity contribution in [2.45, 2.75) is 32.9 Å². The smallest absolute Gasteiger partial charge is 0.271 e. The Morgan fingerprint density at radius 1 is 1.50 bits per heavy atom. The number of aromatic nitrogens is 1. The third-order valence-electron chi connectivity index (χ3n) is 3.23. The molecule has 1 aromatic rings. The van der Waals surface area contributed by atoms with Gasteiger partial charge in [0.05, 0.1) is 5.02 Å². The number of nitrogens with zero attached hydrogens (tertiary/aromatic N) is 2. The number of hydrogen-bond donors (Lipinski definition) is 1. The van der Waals surface area contributed by atoms with E-state index in [0.717, 1.165) is 6.42 Å². The largest absolute Gasteiger partial charge is 0.342 e. The Morgan fingerprint density at radius 2 is 2.20 bits per heavy atom. The fraction of sp³-hybridized carbons (Fsp3) is 0.462. The molecular formula is C13H16ClN3O3. The summed E-state index contributed by atoms with van der Waals surface area (Å²) in [6.45, 7) is 4.11. The Labute approximate surface area is 121 Å². The van der Waals surface area contributed by atoms with Gasteiger partial charge in [0.1, 0.15) is 18.3 Å². The standard InChI is InChI=1S/C13H16ClN3O3/c1-3-4-16-6-9(14)5-10(16)13(20)17-7-11(18)15-12(19)8(17)2/h5-6,8H,3-4,7H2,1-2H3,(H,15,18,19). The fourth-order valence-electron chi connectivity index (χ4n) is 2.19. The van der Waals surface area contributed by atoms with Crippen LogP contribution in [0.25, 0.3) is 0 Å². The predicted octanol–water partition coefficient (Wildman–Crippen LogP) is 1.04. The Balaban J connectivity index is 2.30. The molecule has 1 aromatic heterocycles. The molecule has 1 aliphatic heterocycles. The Bertz CT molecular complexity index is 567. The van der Waals surface area contributed by atoms with Gasteiger partial charge in [-0.25, -0.2) is 0 Å². The molecule has 0 aromatic carbocycles. The maximum absolute atomic E-state index is 12.5. The van der Waals surface area contributed by atoms with Gasteiger partial charge in [0.15, 0.2) is 0 Å². The van der Waals surface area contributed by atoms with E-state index in [1.54, 1.807) is 23.8 Å². The molecule has 1 aliphatic rings. The summed E-state index contributed by atoms with van der Waals surface area (Å²) in [4.78, 5) is 36.8. The second-order valence-corrected chi connectivity index (χ2v) is 5.19. The highest BCUT2D eigenvalue weighted by atomic mass is 35.5. The van der Waals surface area contributed by atoms with Gasteiger partial charge >= 0.3 is 0 Å². The number of piperazine rings is 1. The van der Waals surface area contributed by atoms with Crippen LogP contribution in [0, 0.1) is 0 Å². The fourth-order valence-corrected chi connectivity index (χ4v) is 2.41. The first-order chi connectivity index (χ1) is 9.43.